The summed E-state index contributed by atoms with van der Waals surface area (Å²) < 4.78 is 10.1. The smallest absolute Gasteiger partial charge is 0.0897 e. The molecule has 0 aliphatic rings. The maximum atomic E-state index is 9.60. The third-order valence-electron chi connectivity index (χ3n) is 2.41. The summed E-state index contributed by atoms with van der Waals surface area (Å²) in [5.74, 6) is 0. The van der Waals surface area contributed by atoms with E-state index >= 15 is 0 Å². The summed E-state index contributed by atoms with van der Waals surface area (Å²) in [6.45, 7) is 2.73. The second-order valence-corrected chi connectivity index (χ2v) is 4.00. The van der Waals surface area contributed by atoms with Crippen LogP contribution in [0, 0.1) is 0 Å². The Labute approximate surface area is 108 Å². The number of aromatic nitrogens is 1. The van der Waals surface area contributed by atoms with Crippen LogP contribution in [-0.2, 0) is 15.9 Å². The summed E-state index contributed by atoms with van der Waals surface area (Å²) >= 11 is 0. The molecule has 0 aliphatic carbocycles. The molecule has 0 aromatic carbocycles. The maximum Gasteiger partial charge on any atom is 0.0897 e. The minimum Gasteiger partial charge on any atom is -0.389 e. The molecule has 5 nitrogen and oxygen atoms in total. The van der Waals surface area contributed by atoms with Gasteiger partial charge in [0, 0.05) is 38.5 Å². The van der Waals surface area contributed by atoms with Gasteiger partial charge in [-0.2, -0.15) is 0 Å². The third-order valence-corrected chi connectivity index (χ3v) is 2.41. The minimum absolute atomic E-state index is 0.333. The number of ether oxygens (including phenoxy) is 2. The minimum atomic E-state index is -0.481. The first-order valence-electron chi connectivity index (χ1n) is 6.18. The molecule has 0 spiro atoms. The highest BCUT2D eigenvalue weighted by Crippen LogP contribution is 1.93. The van der Waals surface area contributed by atoms with E-state index in [1.54, 1.807) is 13.3 Å². The molecule has 1 aromatic heterocycles. The summed E-state index contributed by atoms with van der Waals surface area (Å²) in [7, 11) is 1.62. The zero-order chi connectivity index (χ0) is 13.1. The highest BCUT2D eigenvalue weighted by molar-refractivity contribution is 5.03. The van der Waals surface area contributed by atoms with Crippen molar-refractivity contribution in [1.29, 1.82) is 0 Å². The number of aliphatic hydroxyl groups excluding tert-OH is 1. The van der Waals surface area contributed by atoms with Crippen LogP contribution in [0.1, 0.15) is 5.69 Å². The Kier molecular flexibility index (Phi) is 8.33. The average Bonchev–Trinajstić information content (AvgIpc) is 2.41. The lowest BCUT2D eigenvalue weighted by Crippen LogP contribution is -2.32. The molecule has 1 heterocycles. The number of pyridine rings is 1. The van der Waals surface area contributed by atoms with E-state index in [0.29, 0.717) is 26.4 Å². The molecule has 102 valence electrons. The molecule has 1 rings (SSSR count). The van der Waals surface area contributed by atoms with Gasteiger partial charge in [0.05, 0.1) is 25.9 Å². The summed E-state index contributed by atoms with van der Waals surface area (Å²) in [5, 5.41) is 12.8. The van der Waals surface area contributed by atoms with Crippen LogP contribution < -0.4 is 5.32 Å². The predicted octanol–water partition coefficient (Wildman–Crippen LogP) is 0.238. The van der Waals surface area contributed by atoms with Crippen molar-refractivity contribution in [1.82, 2.24) is 10.3 Å². The lowest BCUT2D eigenvalue weighted by Gasteiger charge is -2.12. The van der Waals surface area contributed by atoms with Gasteiger partial charge in [-0.1, -0.05) is 6.07 Å². The molecule has 2 N–H and O–H groups in total. The molecule has 18 heavy (non-hydrogen) atoms. The lowest BCUT2D eigenvalue weighted by atomic mass is 10.2. The Bertz CT molecular complexity index is 296. The Balaban J connectivity index is 1.97. The van der Waals surface area contributed by atoms with E-state index < -0.39 is 6.10 Å². The average molecular weight is 254 g/mol. The van der Waals surface area contributed by atoms with Gasteiger partial charge in [0.1, 0.15) is 0 Å². The van der Waals surface area contributed by atoms with Gasteiger partial charge in [0.2, 0.25) is 0 Å². The van der Waals surface area contributed by atoms with Crippen LogP contribution in [0.3, 0.4) is 0 Å². The molecular weight excluding hydrogens is 232 g/mol. The number of hydrogen-bond donors (Lipinski definition) is 2. The second-order valence-electron chi connectivity index (χ2n) is 4.00. The number of nitrogens with one attached hydrogen (secondary N) is 1. The van der Waals surface area contributed by atoms with Crippen LogP contribution >= 0.6 is 0 Å². The van der Waals surface area contributed by atoms with E-state index in [-0.39, 0.29) is 0 Å². The number of nitrogens with zero attached hydrogens (tertiary/aromatic N) is 1. The van der Waals surface area contributed by atoms with Gasteiger partial charge in [0.15, 0.2) is 0 Å². The monoisotopic (exact) mass is 254 g/mol. The first-order valence-corrected chi connectivity index (χ1v) is 6.18. The molecule has 0 saturated carbocycles. The van der Waals surface area contributed by atoms with Crippen LogP contribution in [0.25, 0.3) is 0 Å². The lowest BCUT2D eigenvalue weighted by molar-refractivity contribution is 0.0139. The zero-order valence-electron chi connectivity index (χ0n) is 10.8. The van der Waals surface area contributed by atoms with Crippen molar-refractivity contribution in [2.45, 2.75) is 12.5 Å². The van der Waals surface area contributed by atoms with E-state index in [1.165, 1.54) is 0 Å². The molecule has 1 unspecified atom stereocenters. The normalized spacial score (nSPS) is 12.6. The van der Waals surface area contributed by atoms with Crippen LogP contribution in [0.2, 0.25) is 0 Å². The molecule has 5 heteroatoms. The van der Waals surface area contributed by atoms with E-state index in [9.17, 15) is 5.11 Å². The predicted molar refractivity (Wildman–Crippen MR) is 69.5 cm³/mol. The zero-order valence-corrected chi connectivity index (χ0v) is 10.8. The summed E-state index contributed by atoms with van der Waals surface area (Å²) in [4.78, 5) is 4.22. The number of hydrogen-bond acceptors (Lipinski definition) is 5. The molecule has 1 aromatic rings. The fraction of sp³-hybridized carbons (Fsp3) is 0.615. The standard InChI is InChI=1S/C13H22N2O3/c1-17-8-9-18-11-13(16)10-14-7-5-12-4-2-3-6-15-12/h2-4,6,13-14,16H,5,7-11H2,1H3. The van der Waals surface area contributed by atoms with Crippen LogP contribution in [0.4, 0.5) is 0 Å². The van der Waals surface area contributed by atoms with Crippen molar-refractivity contribution in [2.24, 2.45) is 0 Å². The highest BCUT2D eigenvalue weighted by Gasteiger charge is 2.03. The molecule has 0 amide bonds. The number of methoxy groups -OCH3 is 1. The Morgan fingerprint density at radius 3 is 3.00 bits per heavy atom. The molecule has 0 bridgehead atoms. The molecule has 0 fully saturated rings. The van der Waals surface area contributed by atoms with Crippen molar-refractivity contribution in [3.8, 4) is 0 Å². The summed E-state index contributed by atoms with van der Waals surface area (Å²) in [5.41, 5.74) is 1.05. The van der Waals surface area contributed by atoms with Gasteiger partial charge in [-0.25, -0.2) is 0 Å². The molecule has 0 radical (unpaired) electrons. The summed E-state index contributed by atoms with van der Waals surface area (Å²) in [6.07, 6.45) is 2.16. The fourth-order valence-electron chi connectivity index (χ4n) is 1.45. The SMILES string of the molecule is COCCOCC(O)CNCCc1ccccn1. The maximum absolute atomic E-state index is 9.60. The first-order chi connectivity index (χ1) is 8.83. The van der Waals surface area contributed by atoms with E-state index in [2.05, 4.69) is 10.3 Å². The highest BCUT2D eigenvalue weighted by atomic mass is 16.5. The van der Waals surface area contributed by atoms with Crippen LogP contribution in [0.5, 0.6) is 0 Å². The van der Waals surface area contributed by atoms with Gasteiger partial charge in [-0.15, -0.1) is 0 Å². The van der Waals surface area contributed by atoms with Gasteiger partial charge in [-0.3, -0.25) is 4.98 Å². The largest absolute Gasteiger partial charge is 0.389 e. The topological polar surface area (TPSA) is 63.6 Å². The van der Waals surface area contributed by atoms with E-state index in [1.807, 2.05) is 18.2 Å². The van der Waals surface area contributed by atoms with Crippen LogP contribution in [-0.4, -0.2) is 56.2 Å². The van der Waals surface area contributed by atoms with Gasteiger partial charge < -0.3 is 19.9 Å². The van der Waals surface area contributed by atoms with Gasteiger partial charge >= 0.3 is 0 Å². The van der Waals surface area contributed by atoms with E-state index in [0.717, 1.165) is 18.7 Å². The Morgan fingerprint density at radius 1 is 1.39 bits per heavy atom. The van der Waals surface area contributed by atoms with Gasteiger partial charge in [-0.05, 0) is 12.1 Å². The summed E-state index contributed by atoms with van der Waals surface area (Å²) in [6, 6.07) is 5.87. The number of rotatable bonds is 10. The van der Waals surface area contributed by atoms with Crippen molar-refractivity contribution in [2.75, 3.05) is 40.0 Å². The number of aliphatic hydroxyl groups is 1. The Morgan fingerprint density at radius 2 is 2.28 bits per heavy atom. The third kappa shape index (κ3) is 7.34. The second kappa shape index (κ2) is 9.96. The molecular formula is C13H22N2O3. The molecule has 1 atom stereocenters. The molecule has 0 saturated heterocycles. The Hall–Kier alpha value is -1.01. The van der Waals surface area contributed by atoms with Gasteiger partial charge in [0.25, 0.3) is 0 Å². The van der Waals surface area contributed by atoms with E-state index in [4.69, 9.17) is 9.47 Å². The van der Waals surface area contributed by atoms with Crippen molar-refractivity contribution in [3.63, 3.8) is 0 Å². The van der Waals surface area contributed by atoms with Crippen molar-refractivity contribution >= 4 is 0 Å². The first kappa shape index (κ1) is 15.0. The quantitative estimate of drug-likeness (QED) is 0.586. The molecule has 0 aliphatic heterocycles. The fourth-order valence-corrected chi connectivity index (χ4v) is 1.45. The van der Waals surface area contributed by atoms with Crippen LogP contribution in [0.15, 0.2) is 24.4 Å². The van der Waals surface area contributed by atoms with Crippen molar-refractivity contribution in [3.05, 3.63) is 30.1 Å². The van der Waals surface area contributed by atoms with Crippen molar-refractivity contribution < 1.29 is 14.6 Å².